The zero-order valence-electron chi connectivity index (χ0n) is 11.5. The summed E-state index contributed by atoms with van der Waals surface area (Å²) in [7, 11) is 0. The monoisotopic (exact) mass is 334 g/mol. The van der Waals surface area contributed by atoms with E-state index < -0.39 is 21.1 Å². The fraction of sp³-hybridized carbons (Fsp3) is 1.00. The Bertz CT molecular complexity index is 126. The first kappa shape index (κ1) is 16.8. The van der Waals surface area contributed by atoms with Gasteiger partial charge < -0.3 is 0 Å². The minimum atomic E-state index is -0.567. The molecule has 96 valence electrons. The standard InChI is InChI=1S/C13H27.CH3O.Sn/c1-4-7-10-13(11-8-5-2)12-9-6-3;1-2;/h4-12H2,1-3H3;2H,1H2;. The van der Waals surface area contributed by atoms with Crippen molar-refractivity contribution in [1.29, 1.82) is 0 Å². The zero-order valence-corrected chi connectivity index (χ0v) is 14.4. The topological polar surface area (TPSA) is 20.2 Å². The Balaban J connectivity index is 4.32. The fourth-order valence-electron chi connectivity index (χ4n) is 2.35. The quantitative estimate of drug-likeness (QED) is 0.557. The summed E-state index contributed by atoms with van der Waals surface area (Å²) >= 11 is -0.567. The molecule has 0 heterocycles. The first-order chi connectivity index (χ1) is 7.74. The molecule has 0 aliphatic heterocycles. The molecule has 0 rings (SSSR count). The maximum absolute atomic E-state index is 9.38. The molecule has 0 atom stereocenters. The second kappa shape index (κ2) is 10.9. The maximum atomic E-state index is 9.38. The van der Waals surface area contributed by atoms with Crippen molar-refractivity contribution in [2.24, 2.45) is 0 Å². The Morgan fingerprint density at radius 3 is 1.44 bits per heavy atom. The molecule has 0 bridgehead atoms. The van der Waals surface area contributed by atoms with Crippen LogP contribution in [0.25, 0.3) is 0 Å². The van der Waals surface area contributed by atoms with Gasteiger partial charge in [-0.15, -0.1) is 0 Å². The number of hydrogen-bond donors (Lipinski definition) is 1. The average molecular weight is 333 g/mol. The van der Waals surface area contributed by atoms with Crippen molar-refractivity contribution in [3.05, 3.63) is 0 Å². The Morgan fingerprint density at radius 2 is 1.19 bits per heavy atom. The van der Waals surface area contributed by atoms with Crippen molar-refractivity contribution in [2.45, 2.75) is 82.0 Å². The van der Waals surface area contributed by atoms with Crippen LogP contribution < -0.4 is 0 Å². The fourth-order valence-corrected chi connectivity index (χ4v) is 6.34. The molecule has 0 aliphatic carbocycles. The average Bonchev–Trinajstić information content (AvgIpc) is 2.31. The van der Waals surface area contributed by atoms with Gasteiger partial charge in [0.25, 0.3) is 0 Å². The third-order valence-corrected chi connectivity index (χ3v) is 8.21. The van der Waals surface area contributed by atoms with Crippen molar-refractivity contribution in [2.75, 3.05) is 4.62 Å². The molecule has 0 saturated carbocycles. The van der Waals surface area contributed by atoms with Gasteiger partial charge in [-0.2, -0.15) is 0 Å². The van der Waals surface area contributed by atoms with Gasteiger partial charge >= 0.3 is 113 Å². The minimum absolute atomic E-state index is 0.542. The van der Waals surface area contributed by atoms with Crippen LogP contribution >= 0.6 is 0 Å². The molecule has 0 unspecified atom stereocenters. The van der Waals surface area contributed by atoms with Gasteiger partial charge in [0, 0.05) is 0 Å². The third-order valence-electron chi connectivity index (χ3n) is 3.48. The van der Waals surface area contributed by atoms with E-state index >= 15 is 0 Å². The van der Waals surface area contributed by atoms with E-state index in [1.54, 1.807) is 0 Å². The van der Waals surface area contributed by atoms with Crippen molar-refractivity contribution < 1.29 is 5.11 Å². The Kier molecular flexibility index (Phi) is 11.4. The van der Waals surface area contributed by atoms with Crippen LogP contribution in [0.15, 0.2) is 0 Å². The van der Waals surface area contributed by atoms with Crippen molar-refractivity contribution in [1.82, 2.24) is 0 Å². The van der Waals surface area contributed by atoms with Gasteiger partial charge in [0.2, 0.25) is 0 Å². The third kappa shape index (κ3) is 7.16. The first-order valence-electron chi connectivity index (χ1n) is 7.10. The summed E-state index contributed by atoms with van der Waals surface area (Å²) in [6.45, 7) is 6.86. The van der Waals surface area contributed by atoms with E-state index in [1.165, 1.54) is 57.8 Å². The van der Waals surface area contributed by atoms with Crippen LogP contribution in [-0.2, 0) is 0 Å². The summed E-state index contributed by atoms with van der Waals surface area (Å²) in [6, 6.07) is 0. The second-order valence-corrected chi connectivity index (χ2v) is 9.86. The van der Waals surface area contributed by atoms with Gasteiger partial charge in [-0.05, 0) is 0 Å². The van der Waals surface area contributed by atoms with E-state index in [0.717, 1.165) is 0 Å². The molecule has 1 N–H and O–H groups in total. The van der Waals surface area contributed by atoms with Gasteiger partial charge in [-0.25, -0.2) is 0 Å². The summed E-state index contributed by atoms with van der Waals surface area (Å²) in [5, 5.41) is 9.38. The molecule has 0 fully saturated rings. The van der Waals surface area contributed by atoms with Crippen molar-refractivity contribution >= 4 is 21.1 Å². The van der Waals surface area contributed by atoms with Gasteiger partial charge in [-0.1, -0.05) is 0 Å². The summed E-state index contributed by atoms with van der Waals surface area (Å²) in [4.78, 5) is 0. The summed E-state index contributed by atoms with van der Waals surface area (Å²) < 4.78 is 1.17. The molecule has 1 nitrogen and oxygen atoms in total. The number of rotatable bonds is 11. The van der Waals surface area contributed by atoms with E-state index in [4.69, 9.17) is 0 Å². The summed E-state index contributed by atoms with van der Waals surface area (Å²) in [5.41, 5.74) is 0. The zero-order chi connectivity index (χ0) is 12.3. The molecule has 0 amide bonds. The molecule has 16 heavy (non-hydrogen) atoms. The summed E-state index contributed by atoms with van der Waals surface area (Å²) in [5.74, 6) is 0. The SMILES string of the molecule is CCCC[C](CCCC)(CCCC)[Sn][CH2]O. The molecule has 0 saturated heterocycles. The Morgan fingerprint density at radius 1 is 0.812 bits per heavy atom. The van der Waals surface area contributed by atoms with Crippen LogP contribution in [-0.4, -0.2) is 30.9 Å². The van der Waals surface area contributed by atoms with Crippen LogP contribution in [0.4, 0.5) is 0 Å². The van der Waals surface area contributed by atoms with Gasteiger partial charge in [0.1, 0.15) is 0 Å². The van der Waals surface area contributed by atoms with Crippen LogP contribution in [0.3, 0.4) is 0 Å². The van der Waals surface area contributed by atoms with Gasteiger partial charge in [0.15, 0.2) is 0 Å². The predicted octanol–water partition coefficient (Wildman–Crippen LogP) is 4.37. The molecular formula is C14H30OSn. The number of unbranched alkanes of at least 4 members (excludes halogenated alkanes) is 3. The number of aliphatic hydroxyl groups excluding tert-OH is 1. The van der Waals surface area contributed by atoms with Crippen LogP contribution in [0.5, 0.6) is 0 Å². The molecule has 0 aliphatic rings. The Labute approximate surface area is 113 Å². The number of aliphatic hydroxyl groups is 1. The van der Waals surface area contributed by atoms with E-state index in [0.29, 0.717) is 8.05 Å². The van der Waals surface area contributed by atoms with Crippen LogP contribution in [0.1, 0.15) is 78.6 Å². The van der Waals surface area contributed by atoms with Gasteiger partial charge in [0.05, 0.1) is 0 Å². The molecule has 2 radical (unpaired) electrons. The van der Waals surface area contributed by atoms with Crippen molar-refractivity contribution in [3.63, 3.8) is 0 Å². The van der Waals surface area contributed by atoms with Crippen LogP contribution in [0.2, 0.25) is 3.43 Å². The Hall–Kier alpha value is 0.759. The van der Waals surface area contributed by atoms with E-state index in [1.807, 2.05) is 0 Å². The van der Waals surface area contributed by atoms with Gasteiger partial charge in [-0.3, -0.25) is 0 Å². The molecule has 0 aromatic carbocycles. The van der Waals surface area contributed by atoms with E-state index in [2.05, 4.69) is 20.8 Å². The molecule has 0 spiro atoms. The van der Waals surface area contributed by atoms with E-state index in [9.17, 15) is 5.11 Å². The van der Waals surface area contributed by atoms with Crippen LogP contribution in [0, 0.1) is 0 Å². The molecule has 2 heteroatoms. The number of hydrogen-bond acceptors (Lipinski definition) is 1. The normalized spacial score (nSPS) is 12.0. The molecular weight excluding hydrogens is 303 g/mol. The van der Waals surface area contributed by atoms with Crippen molar-refractivity contribution in [3.8, 4) is 0 Å². The summed E-state index contributed by atoms with van der Waals surface area (Å²) in [6.07, 6.45) is 12.2. The predicted molar refractivity (Wildman–Crippen MR) is 74.1 cm³/mol. The second-order valence-electron chi connectivity index (χ2n) is 4.93. The molecule has 0 aromatic heterocycles. The van der Waals surface area contributed by atoms with E-state index in [-0.39, 0.29) is 0 Å². The first-order valence-corrected chi connectivity index (χ1v) is 10.5. The molecule has 0 aromatic rings.